The van der Waals surface area contributed by atoms with Crippen molar-refractivity contribution in [3.63, 3.8) is 0 Å². The van der Waals surface area contributed by atoms with E-state index in [2.05, 4.69) is 35.3 Å². The van der Waals surface area contributed by atoms with Crippen molar-refractivity contribution in [1.29, 1.82) is 0 Å². The lowest BCUT2D eigenvalue weighted by molar-refractivity contribution is -0.115. The Morgan fingerprint density at radius 2 is 2.00 bits per heavy atom. The highest BCUT2D eigenvalue weighted by Gasteiger charge is 2.25. The van der Waals surface area contributed by atoms with Crippen molar-refractivity contribution in [2.45, 2.75) is 23.5 Å². The molecule has 0 radical (unpaired) electrons. The van der Waals surface area contributed by atoms with Crippen LogP contribution in [0.1, 0.15) is 13.3 Å². The van der Waals surface area contributed by atoms with Gasteiger partial charge in [0.05, 0.1) is 25.0 Å². The Hall–Kier alpha value is -2.14. The molecule has 0 saturated carbocycles. The Kier molecular flexibility index (Phi) is 5.30. The standard InChI is InChI=1S/C19H22N2O2S/c1-3-14-12-21(16-9-5-7-11-18(16)24-14)13-19(22)20-15-8-4-6-10-17(15)23-2/h4-11,14H,3,12-13H2,1-2H3,(H,20,22)/t14-/m1/s1. The number of carbonyl (C=O) groups excluding carboxylic acids is 1. The molecule has 2 aromatic carbocycles. The largest absolute Gasteiger partial charge is 0.495 e. The molecular formula is C19H22N2O2S. The second-order valence-corrected chi connectivity index (χ2v) is 7.09. The summed E-state index contributed by atoms with van der Waals surface area (Å²) in [5.41, 5.74) is 1.85. The third kappa shape index (κ3) is 3.67. The molecule has 1 aliphatic rings. The molecule has 1 heterocycles. The Morgan fingerprint density at radius 3 is 2.79 bits per heavy atom. The maximum Gasteiger partial charge on any atom is 0.243 e. The molecule has 0 saturated heterocycles. The quantitative estimate of drug-likeness (QED) is 0.891. The van der Waals surface area contributed by atoms with Crippen LogP contribution in [0.3, 0.4) is 0 Å². The van der Waals surface area contributed by atoms with Crippen LogP contribution in [0.4, 0.5) is 11.4 Å². The van der Waals surface area contributed by atoms with Crippen molar-refractivity contribution < 1.29 is 9.53 Å². The van der Waals surface area contributed by atoms with Crippen LogP contribution in [-0.2, 0) is 4.79 Å². The Morgan fingerprint density at radius 1 is 1.25 bits per heavy atom. The van der Waals surface area contributed by atoms with Gasteiger partial charge < -0.3 is 15.0 Å². The van der Waals surface area contributed by atoms with E-state index in [4.69, 9.17) is 4.74 Å². The minimum absolute atomic E-state index is 0.0314. The number of amides is 1. The molecule has 0 aliphatic carbocycles. The third-order valence-corrected chi connectivity index (χ3v) is 5.51. The summed E-state index contributed by atoms with van der Waals surface area (Å²) >= 11 is 1.90. The lowest BCUT2D eigenvalue weighted by atomic mass is 10.2. The van der Waals surface area contributed by atoms with E-state index in [0.717, 1.165) is 18.7 Å². The summed E-state index contributed by atoms with van der Waals surface area (Å²) < 4.78 is 5.30. The number of rotatable bonds is 5. The zero-order chi connectivity index (χ0) is 16.9. The highest BCUT2D eigenvalue weighted by atomic mass is 32.2. The molecule has 0 fully saturated rings. The number of fused-ring (bicyclic) bond motifs is 1. The second-order valence-electron chi connectivity index (χ2n) is 5.74. The van der Waals surface area contributed by atoms with Gasteiger partial charge in [-0.05, 0) is 30.7 Å². The predicted molar refractivity (Wildman–Crippen MR) is 100 cm³/mol. The van der Waals surface area contributed by atoms with Crippen molar-refractivity contribution in [2.24, 2.45) is 0 Å². The van der Waals surface area contributed by atoms with Gasteiger partial charge in [-0.25, -0.2) is 0 Å². The van der Waals surface area contributed by atoms with E-state index in [-0.39, 0.29) is 5.91 Å². The third-order valence-electron chi connectivity index (χ3n) is 4.09. The number of para-hydroxylation sites is 3. The molecule has 5 heteroatoms. The smallest absolute Gasteiger partial charge is 0.243 e. The summed E-state index contributed by atoms with van der Waals surface area (Å²) in [6.07, 6.45) is 1.09. The highest BCUT2D eigenvalue weighted by Crippen LogP contribution is 2.39. The van der Waals surface area contributed by atoms with E-state index in [1.807, 2.05) is 42.1 Å². The number of anilines is 2. The molecule has 3 rings (SSSR count). The molecule has 1 aliphatic heterocycles. The molecular weight excluding hydrogens is 320 g/mol. The Labute approximate surface area is 147 Å². The normalized spacial score (nSPS) is 16.4. The van der Waals surface area contributed by atoms with Gasteiger partial charge in [0.15, 0.2) is 0 Å². The van der Waals surface area contributed by atoms with Gasteiger partial charge in [-0.3, -0.25) is 4.79 Å². The number of hydrogen-bond donors (Lipinski definition) is 1. The summed E-state index contributed by atoms with van der Waals surface area (Å²) in [5, 5.41) is 3.47. The first-order chi connectivity index (χ1) is 11.7. The number of carbonyl (C=O) groups is 1. The fraction of sp³-hybridized carbons (Fsp3) is 0.316. The van der Waals surface area contributed by atoms with Crippen LogP contribution in [0.2, 0.25) is 0 Å². The minimum Gasteiger partial charge on any atom is -0.495 e. The van der Waals surface area contributed by atoms with Crippen molar-refractivity contribution in [3.8, 4) is 5.75 Å². The molecule has 1 atom stereocenters. The van der Waals surface area contributed by atoms with Gasteiger partial charge in [-0.2, -0.15) is 0 Å². The first-order valence-corrected chi connectivity index (χ1v) is 9.02. The SMILES string of the molecule is CC[C@@H]1CN(CC(=O)Nc2ccccc2OC)c2ccccc2S1. The van der Waals surface area contributed by atoms with E-state index in [1.165, 1.54) is 4.90 Å². The molecule has 0 spiro atoms. The number of methoxy groups -OCH3 is 1. The maximum atomic E-state index is 12.5. The van der Waals surface area contributed by atoms with Crippen molar-refractivity contribution in [1.82, 2.24) is 0 Å². The predicted octanol–water partition coefficient (Wildman–Crippen LogP) is 4.02. The average molecular weight is 342 g/mol. The van der Waals surface area contributed by atoms with Gasteiger partial charge in [0.2, 0.25) is 5.91 Å². The van der Waals surface area contributed by atoms with E-state index < -0.39 is 0 Å². The zero-order valence-corrected chi connectivity index (χ0v) is 14.8. The van der Waals surface area contributed by atoms with E-state index in [1.54, 1.807) is 7.11 Å². The first-order valence-electron chi connectivity index (χ1n) is 8.14. The van der Waals surface area contributed by atoms with Crippen molar-refractivity contribution >= 4 is 29.0 Å². The molecule has 126 valence electrons. The molecule has 24 heavy (non-hydrogen) atoms. The van der Waals surface area contributed by atoms with Crippen molar-refractivity contribution in [3.05, 3.63) is 48.5 Å². The summed E-state index contributed by atoms with van der Waals surface area (Å²) in [5.74, 6) is 0.642. The van der Waals surface area contributed by atoms with E-state index >= 15 is 0 Å². The molecule has 0 unspecified atom stereocenters. The number of nitrogens with one attached hydrogen (secondary N) is 1. The molecule has 1 N–H and O–H groups in total. The van der Waals surface area contributed by atoms with E-state index in [9.17, 15) is 4.79 Å². The van der Waals surface area contributed by atoms with Gasteiger partial charge in [-0.1, -0.05) is 31.2 Å². The minimum atomic E-state index is -0.0314. The molecule has 2 aromatic rings. The van der Waals surface area contributed by atoms with Crippen LogP contribution >= 0.6 is 11.8 Å². The van der Waals surface area contributed by atoms with Gasteiger partial charge >= 0.3 is 0 Å². The molecule has 4 nitrogen and oxygen atoms in total. The van der Waals surface area contributed by atoms with Crippen LogP contribution in [0.15, 0.2) is 53.4 Å². The summed E-state index contributed by atoms with van der Waals surface area (Å²) in [6.45, 7) is 3.42. The van der Waals surface area contributed by atoms with E-state index in [0.29, 0.717) is 23.2 Å². The molecule has 1 amide bonds. The molecule has 0 bridgehead atoms. The first kappa shape index (κ1) is 16.7. The van der Waals surface area contributed by atoms with Gasteiger partial charge in [-0.15, -0.1) is 11.8 Å². The van der Waals surface area contributed by atoms with Crippen LogP contribution < -0.4 is 15.0 Å². The zero-order valence-electron chi connectivity index (χ0n) is 14.0. The Bertz CT molecular complexity index is 720. The number of ether oxygens (including phenoxy) is 1. The van der Waals surface area contributed by atoms with Gasteiger partial charge in [0, 0.05) is 16.7 Å². The Balaban J connectivity index is 1.74. The lowest BCUT2D eigenvalue weighted by Gasteiger charge is -2.34. The summed E-state index contributed by atoms with van der Waals surface area (Å²) in [6, 6.07) is 15.8. The van der Waals surface area contributed by atoms with Crippen LogP contribution in [0.5, 0.6) is 5.75 Å². The van der Waals surface area contributed by atoms with Crippen molar-refractivity contribution in [2.75, 3.05) is 30.4 Å². The van der Waals surface area contributed by atoms with Gasteiger partial charge in [0.25, 0.3) is 0 Å². The topological polar surface area (TPSA) is 41.6 Å². The second kappa shape index (κ2) is 7.62. The maximum absolute atomic E-state index is 12.5. The summed E-state index contributed by atoms with van der Waals surface area (Å²) in [4.78, 5) is 16.0. The molecule has 0 aromatic heterocycles. The number of hydrogen-bond acceptors (Lipinski definition) is 4. The van der Waals surface area contributed by atoms with Gasteiger partial charge in [0.1, 0.15) is 5.75 Å². The van der Waals surface area contributed by atoms with Crippen LogP contribution in [0, 0.1) is 0 Å². The fourth-order valence-corrected chi connectivity index (χ4v) is 4.11. The van der Waals surface area contributed by atoms with Crippen LogP contribution in [-0.4, -0.2) is 31.4 Å². The van der Waals surface area contributed by atoms with Crippen LogP contribution in [0.25, 0.3) is 0 Å². The monoisotopic (exact) mass is 342 g/mol. The summed E-state index contributed by atoms with van der Waals surface area (Å²) in [7, 11) is 1.61. The number of thioether (sulfide) groups is 1. The lowest BCUT2D eigenvalue weighted by Crippen LogP contribution is -2.40. The average Bonchev–Trinajstić information content (AvgIpc) is 2.62. The fourth-order valence-electron chi connectivity index (χ4n) is 2.85. The highest BCUT2D eigenvalue weighted by molar-refractivity contribution is 8.00. The number of nitrogens with zero attached hydrogens (tertiary/aromatic N) is 1. The number of benzene rings is 2.